The molecule has 0 fully saturated rings. The fourth-order valence-electron chi connectivity index (χ4n) is 2.63. The molecule has 112 valence electrons. The molecule has 6 heteroatoms. The van der Waals surface area contributed by atoms with Gasteiger partial charge in [0.05, 0.1) is 5.69 Å². The molecule has 0 atom stereocenters. The first kappa shape index (κ1) is 13.4. The Kier molecular flexibility index (Phi) is 3.01. The summed E-state index contributed by atoms with van der Waals surface area (Å²) in [5.41, 5.74) is 10.6. The Labute approximate surface area is 131 Å². The molecule has 1 aromatic carbocycles. The van der Waals surface area contributed by atoms with Crippen molar-refractivity contribution >= 4 is 17.0 Å². The largest absolute Gasteiger partial charge is 0.384 e. The summed E-state index contributed by atoms with van der Waals surface area (Å²) in [6.07, 6.45) is 4.90. The van der Waals surface area contributed by atoms with Gasteiger partial charge in [0.1, 0.15) is 17.2 Å². The van der Waals surface area contributed by atoms with Crippen LogP contribution in [0, 0.1) is 5.82 Å². The second kappa shape index (κ2) is 5.17. The summed E-state index contributed by atoms with van der Waals surface area (Å²) >= 11 is 0. The fourth-order valence-corrected chi connectivity index (χ4v) is 2.63. The zero-order valence-corrected chi connectivity index (χ0v) is 12.0. The Morgan fingerprint density at radius 3 is 2.43 bits per heavy atom. The van der Waals surface area contributed by atoms with E-state index in [4.69, 9.17) is 5.73 Å². The molecule has 0 unspecified atom stereocenters. The predicted octanol–water partition coefficient (Wildman–Crippen LogP) is 3.41. The summed E-state index contributed by atoms with van der Waals surface area (Å²) in [6, 6.07) is 9.93. The highest BCUT2D eigenvalue weighted by Crippen LogP contribution is 2.36. The number of hydrogen-bond acceptors (Lipinski definition) is 4. The smallest absolute Gasteiger partial charge is 0.157 e. The number of nitrogens with two attached hydrogens (primary N) is 1. The molecule has 0 saturated heterocycles. The number of benzene rings is 1. The van der Waals surface area contributed by atoms with Gasteiger partial charge in [-0.05, 0) is 29.8 Å². The van der Waals surface area contributed by atoms with Gasteiger partial charge in [-0.3, -0.25) is 4.98 Å². The Morgan fingerprint density at radius 2 is 1.65 bits per heavy atom. The summed E-state index contributed by atoms with van der Waals surface area (Å²) in [4.78, 5) is 16.0. The van der Waals surface area contributed by atoms with Gasteiger partial charge >= 0.3 is 0 Å². The first-order valence-corrected chi connectivity index (χ1v) is 7.03. The standard InChI is InChI=1S/C17H12FN5/c18-12-3-1-10(2-4-12)14-15(11-5-6-20-13(19)9-11)23-17-16(14)21-7-8-22-17/h1-9H,(H2,19,20)(H,22,23). The molecule has 3 heterocycles. The van der Waals surface area contributed by atoms with Gasteiger partial charge in [-0.1, -0.05) is 12.1 Å². The lowest BCUT2D eigenvalue weighted by Crippen LogP contribution is -1.90. The quantitative estimate of drug-likeness (QED) is 0.594. The minimum Gasteiger partial charge on any atom is -0.384 e. The van der Waals surface area contributed by atoms with Gasteiger partial charge in [0.25, 0.3) is 0 Å². The van der Waals surface area contributed by atoms with E-state index in [1.54, 1.807) is 36.8 Å². The van der Waals surface area contributed by atoms with Crippen molar-refractivity contribution in [3.05, 3.63) is 60.8 Å². The van der Waals surface area contributed by atoms with Crippen LogP contribution >= 0.6 is 0 Å². The van der Waals surface area contributed by atoms with E-state index < -0.39 is 0 Å². The highest BCUT2D eigenvalue weighted by atomic mass is 19.1. The number of nitrogens with one attached hydrogen (secondary N) is 1. The third-order valence-electron chi connectivity index (χ3n) is 3.63. The lowest BCUT2D eigenvalue weighted by atomic mass is 10.0. The SMILES string of the molecule is Nc1cc(-c2[nH]c3nccnc3c2-c2ccc(F)cc2)ccn1. The summed E-state index contributed by atoms with van der Waals surface area (Å²) in [7, 11) is 0. The number of aromatic nitrogens is 4. The van der Waals surface area contributed by atoms with Crippen molar-refractivity contribution in [2.45, 2.75) is 0 Å². The van der Waals surface area contributed by atoms with Crippen molar-refractivity contribution in [2.75, 3.05) is 5.73 Å². The van der Waals surface area contributed by atoms with Crippen LogP contribution in [0.25, 0.3) is 33.5 Å². The normalized spacial score (nSPS) is 11.0. The van der Waals surface area contributed by atoms with Gasteiger partial charge in [-0.15, -0.1) is 0 Å². The molecule has 3 N–H and O–H groups in total. The van der Waals surface area contributed by atoms with Crippen LogP contribution in [0.2, 0.25) is 0 Å². The first-order chi connectivity index (χ1) is 11.2. The Bertz CT molecular complexity index is 991. The van der Waals surface area contributed by atoms with Gasteiger partial charge in [0.2, 0.25) is 0 Å². The molecule has 0 aliphatic heterocycles. The number of hydrogen-bond donors (Lipinski definition) is 2. The molecular formula is C17H12FN5. The number of aromatic amines is 1. The Balaban J connectivity index is 2.04. The second-order valence-corrected chi connectivity index (χ2v) is 5.10. The number of anilines is 1. The molecule has 0 aliphatic carbocycles. The van der Waals surface area contributed by atoms with E-state index in [0.717, 1.165) is 27.9 Å². The number of nitrogen functional groups attached to an aromatic ring is 1. The highest BCUT2D eigenvalue weighted by Gasteiger charge is 2.17. The van der Waals surface area contributed by atoms with Crippen LogP contribution in [-0.4, -0.2) is 19.9 Å². The minimum absolute atomic E-state index is 0.283. The maximum Gasteiger partial charge on any atom is 0.157 e. The zero-order chi connectivity index (χ0) is 15.8. The van der Waals surface area contributed by atoms with Crippen LogP contribution < -0.4 is 5.73 Å². The topological polar surface area (TPSA) is 80.5 Å². The van der Waals surface area contributed by atoms with E-state index in [1.807, 2.05) is 6.07 Å². The molecule has 0 aliphatic rings. The van der Waals surface area contributed by atoms with Crippen molar-refractivity contribution in [2.24, 2.45) is 0 Å². The summed E-state index contributed by atoms with van der Waals surface area (Å²) in [6.45, 7) is 0. The van der Waals surface area contributed by atoms with E-state index in [1.165, 1.54) is 12.1 Å². The maximum absolute atomic E-state index is 13.3. The minimum atomic E-state index is -0.283. The summed E-state index contributed by atoms with van der Waals surface area (Å²) in [5.74, 6) is 0.140. The van der Waals surface area contributed by atoms with E-state index in [2.05, 4.69) is 19.9 Å². The molecule has 4 rings (SSSR count). The third kappa shape index (κ3) is 2.30. The van der Waals surface area contributed by atoms with Crippen molar-refractivity contribution in [1.82, 2.24) is 19.9 Å². The summed E-state index contributed by atoms with van der Waals surface area (Å²) < 4.78 is 13.3. The number of fused-ring (bicyclic) bond motifs is 1. The van der Waals surface area contributed by atoms with Crippen LogP contribution in [0.4, 0.5) is 10.2 Å². The van der Waals surface area contributed by atoms with Crippen molar-refractivity contribution in [3.63, 3.8) is 0 Å². The van der Waals surface area contributed by atoms with Gasteiger partial charge in [-0.25, -0.2) is 14.4 Å². The molecule has 5 nitrogen and oxygen atoms in total. The average Bonchev–Trinajstić information content (AvgIpc) is 2.95. The number of nitrogens with zero attached hydrogens (tertiary/aromatic N) is 3. The molecule has 0 bridgehead atoms. The van der Waals surface area contributed by atoms with Crippen LogP contribution in [0.5, 0.6) is 0 Å². The molecular weight excluding hydrogens is 293 g/mol. The first-order valence-electron chi connectivity index (χ1n) is 7.03. The molecule has 3 aromatic heterocycles. The molecule has 4 aromatic rings. The lowest BCUT2D eigenvalue weighted by Gasteiger charge is -2.05. The van der Waals surface area contributed by atoms with E-state index in [0.29, 0.717) is 11.5 Å². The van der Waals surface area contributed by atoms with E-state index in [-0.39, 0.29) is 5.82 Å². The van der Waals surface area contributed by atoms with Crippen molar-refractivity contribution in [3.8, 4) is 22.4 Å². The number of rotatable bonds is 2. The monoisotopic (exact) mass is 305 g/mol. The third-order valence-corrected chi connectivity index (χ3v) is 3.63. The van der Waals surface area contributed by atoms with Gasteiger partial charge < -0.3 is 10.7 Å². The highest BCUT2D eigenvalue weighted by molar-refractivity contribution is 6.00. The second-order valence-electron chi connectivity index (χ2n) is 5.10. The number of H-pyrrole nitrogens is 1. The lowest BCUT2D eigenvalue weighted by molar-refractivity contribution is 0.628. The molecule has 0 spiro atoms. The van der Waals surface area contributed by atoms with E-state index >= 15 is 0 Å². The number of pyridine rings is 1. The van der Waals surface area contributed by atoms with Gasteiger partial charge in [0.15, 0.2) is 5.65 Å². The van der Waals surface area contributed by atoms with E-state index in [9.17, 15) is 4.39 Å². The molecule has 0 amide bonds. The van der Waals surface area contributed by atoms with Crippen LogP contribution in [-0.2, 0) is 0 Å². The Morgan fingerprint density at radius 1 is 0.870 bits per heavy atom. The van der Waals surface area contributed by atoms with Crippen LogP contribution in [0.15, 0.2) is 55.0 Å². The zero-order valence-electron chi connectivity index (χ0n) is 12.0. The summed E-state index contributed by atoms with van der Waals surface area (Å²) in [5, 5.41) is 0. The fraction of sp³-hybridized carbons (Fsp3) is 0. The van der Waals surface area contributed by atoms with Crippen molar-refractivity contribution in [1.29, 1.82) is 0 Å². The van der Waals surface area contributed by atoms with Crippen LogP contribution in [0.3, 0.4) is 0 Å². The Hall–Kier alpha value is -3.28. The van der Waals surface area contributed by atoms with Crippen molar-refractivity contribution < 1.29 is 4.39 Å². The predicted molar refractivity (Wildman–Crippen MR) is 86.9 cm³/mol. The van der Waals surface area contributed by atoms with Gasteiger partial charge in [0, 0.05) is 29.7 Å². The average molecular weight is 305 g/mol. The number of halogens is 1. The maximum atomic E-state index is 13.3. The van der Waals surface area contributed by atoms with Gasteiger partial charge in [-0.2, -0.15) is 0 Å². The van der Waals surface area contributed by atoms with Crippen LogP contribution in [0.1, 0.15) is 0 Å². The molecule has 0 radical (unpaired) electrons. The molecule has 23 heavy (non-hydrogen) atoms. The molecule has 0 saturated carbocycles.